The van der Waals surface area contributed by atoms with Crippen molar-refractivity contribution < 1.29 is 9.53 Å². The number of amides is 1. The molecule has 2 N–H and O–H groups in total. The Balaban J connectivity index is 1.75. The van der Waals surface area contributed by atoms with E-state index in [1.54, 1.807) is 25.6 Å². The number of H-pyrrole nitrogens is 1. The minimum absolute atomic E-state index is 0.107. The molecule has 1 saturated carbocycles. The zero-order valence-electron chi connectivity index (χ0n) is 13.8. The number of nitrogens with zero attached hydrogens (tertiary/aromatic N) is 2. The van der Waals surface area contributed by atoms with Crippen molar-refractivity contribution in [3.05, 3.63) is 53.5 Å². The quantitative estimate of drug-likeness (QED) is 0.751. The van der Waals surface area contributed by atoms with Gasteiger partial charge in [0.15, 0.2) is 0 Å². The van der Waals surface area contributed by atoms with Crippen molar-refractivity contribution in [2.45, 2.75) is 18.9 Å². The molecule has 1 amide bonds. The van der Waals surface area contributed by atoms with Gasteiger partial charge in [-0.15, -0.1) is 0 Å². The molecule has 0 bridgehead atoms. The van der Waals surface area contributed by atoms with Gasteiger partial charge in [-0.2, -0.15) is 5.10 Å². The van der Waals surface area contributed by atoms with E-state index in [-0.39, 0.29) is 5.91 Å². The third-order valence-corrected chi connectivity index (χ3v) is 4.19. The van der Waals surface area contributed by atoms with Crippen LogP contribution in [0.4, 0.5) is 0 Å². The molecule has 6 heteroatoms. The summed E-state index contributed by atoms with van der Waals surface area (Å²) in [5.41, 5.74) is 3.05. The van der Waals surface area contributed by atoms with Gasteiger partial charge in [0.1, 0.15) is 5.75 Å². The molecular weight excluding hydrogens is 316 g/mol. The topological polar surface area (TPSA) is 79.9 Å². The Bertz CT molecular complexity index is 943. The lowest BCUT2D eigenvalue weighted by Gasteiger charge is -2.10. The van der Waals surface area contributed by atoms with Crippen molar-refractivity contribution in [1.29, 1.82) is 0 Å². The molecule has 2 aromatic heterocycles. The van der Waals surface area contributed by atoms with Crippen LogP contribution in [0, 0.1) is 0 Å². The Labute approximate surface area is 144 Å². The fourth-order valence-electron chi connectivity index (χ4n) is 2.76. The van der Waals surface area contributed by atoms with Crippen molar-refractivity contribution in [3.8, 4) is 5.75 Å². The minimum Gasteiger partial charge on any atom is -0.495 e. The number of hydrogen-bond acceptors (Lipinski definition) is 4. The number of rotatable bonds is 5. The molecule has 0 unspecified atom stereocenters. The average molecular weight is 334 g/mol. The predicted octanol–water partition coefficient (Wildman–Crippen LogP) is 3.03. The molecule has 126 valence electrons. The Morgan fingerprint density at radius 3 is 2.92 bits per heavy atom. The van der Waals surface area contributed by atoms with E-state index in [1.165, 1.54) is 0 Å². The molecule has 1 fully saturated rings. The van der Waals surface area contributed by atoms with E-state index in [9.17, 15) is 4.79 Å². The Morgan fingerprint density at radius 1 is 1.32 bits per heavy atom. The summed E-state index contributed by atoms with van der Waals surface area (Å²) in [5, 5.41) is 11.1. The van der Waals surface area contributed by atoms with Gasteiger partial charge in [-0.05, 0) is 42.7 Å². The molecule has 1 aliphatic rings. The monoisotopic (exact) mass is 334 g/mol. The summed E-state index contributed by atoms with van der Waals surface area (Å²) < 4.78 is 5.57. The fourth-order valence-corrected chi connectivity index (χ4v) is 2.76. The number of ether oxygens (including phenoxy) is 1. The highest BCUT2D eigenvalue weighted by molar-refractivity contribution is 6.05. The van der Waals surface area contributed by atoms with Crippen LogP contribution < -0.4 is 10.1 Å². The third-order valence-electron chi connectivity index (χ3n) is 4.19. The molecule has 25 heavy (non-hydrogen) atoms. The first-order valence-corrected chi connectivity index (χ1v) is 8.20. The SMILES string of the molecule is COc1c(C(=O)NC2CC2)ccc2n[nH]c(/C=C/c3cccnc3)c12. The number of aromatic nitrogens is 3. The summed E-state index contributed by atoms with van der Waals surface area (Å²) in [6.45, 7) is 0. The first-order valence-electron chi connectivity index (χ1n) is 8.20. The summed E-state index contributed by atoms with van der Waals surface area (Å²) in [6, 6.07) is 7.73. The van der Waals surface area contributed by atoms with Crippen LogP contribution >= 0.6 is 0 Å². The van der Waals surface area contributed by atoms with Gasteiger partial charge in [0, 0.05) is 18.4 Å². The number of aromatic amines is 1. The Hall–Kier alpha value is -3.15. The summed E-state index contributed by atoms with van der Waals surface area (Å²) in [7, 11) is 1.57. The van der Waals surface area contributed by atoms with Crippen molar-refractivity contribution in [3.63, 3.8) is 0 Å². The van der Waals surface area contributed by atoms with E-state index >= 15 is 0 Å². The van der Waals surface area contributed by atoms with Crippen LogP contribution in [0.1, 0.15) is 34.5 Å². The van der Waals surface area contributed by atoms with Gasteiger partial charge >= 0.3 is 0 Å². The van der Waals surface area contributed by atoms with Crippen LogP contribution in [0.5, 0.6) is 5.75 Å². The highest BCUT2D eigenvalue weighted by Gasteiger charge is 2.26. The van der Waals surface area contributed by atoms with E-state index in [0.29, 0.717) is 17.4 Å². The van der Waals surface area contributed by atoms with Crippen LogP contribution in [0.25, 0.3) is 23.1 Å². The van der Waals surface area contributed by atoms with Crippen molar-refractivity contribution in [2.24, 2.45) is 0 Å². The van der Waals surface area contributed by atoms with Crippen LogP contribution in [0.15, 0.2) is 36.7 Å². The fraction of sp³-hybridized carbons (Fsp3) is 0.211. The van der Waals surface area contributed by atoms with E-state index in [2.05, 4.69) is 20.5 Å². The number of carbonyl (C=O) groups is 1. The molecule has 2 heterocycles. The number of hydrogen-bond donors (Lipinski definition) is 2. The molecule has 3 aromatic rings. The first kappa shape index (κ1) is 15.4. The van der Waals surface area contributed by atoms with E-state index in [0.717, 1.165) is 35.0 Å². The molecule has 0 saturated heterocycles. The van der Waals surface area contributed by atoms with Gasteiger partial charge in [0.2, 0.25) is 0 Å². The van der Waals surface area contributed by atoms with Crippen molar-refractivity contribution in [1.82, 2.24) is 20.5 Å². The number of nitrogens with one attached hydrogen (secondary N) is 2. The van der Waals surface area contributed by atoms with Gasteiger partial charge < -0.3 is 10.1 Å². The third kappa shape index (κ3) is 3.10. The minimum atomic E-state index is -0.107. The second-order valence-electron chi connectivity index (χ2n) is 6.05. The van der Waals surface area contributed by atoms with Gasteiger partial charge in [-0.1, -0.05) is 12.1 Å². The largest absolute Gasteiger partial charge is 0.495 e. The standard InChI is InChI=1S/C19H18N4O2/c1-25-18-14(19(24)21-13-5-6-13)7-9-16-17(18)15(22-23-16)8-4-12-3-2-10-20-11-12/h2-4,7-11,13H,5-6H2,1H3,(H,21,24)(H,22,23)/b8-4+. The lowest BCUT2D eigenvalue weighted by Crippen LogP contribution is -2.25. The Kier molecular flexibility index (Phi) is 3.93. The van der Waals surface area contributed by atoms with Crippen LogP contribution in [0.3, 0.4) is 0 Å². The summed E-state index contributed by atoms with van der Waals surface area (Å²) in [6.07, 6.45) is 9.45. The Morgan fingerprint density at radius 2 is 2.20 bits per heavy atom. The van der Waals surface area contributed by atoms with Crippen molar-refractivity contribution in [2.75, 3.05) is 7.11 Å². The van der Waals surface area contributed by atoms with Gasteiger partial charge in [0.05, 0.1) is 29.3 Å². The summed E-state index contributed by atoms with van der Waals surface area (Å²) >= 11 is 0. The summed E-state index contributed by atoms with van der Waals surface area (Å²) in [4.78, 5) is 16.6. The average Bonchev–Trinajstić information content (AvgIpc) is 3.36. The molecule has 6 nitrogen and oxygen atoms in total. The normalized spacial score (nSPS) is 14.1. The second kappa shape index (κ2) is 6.39. The lowest BCUT2D eigenvalue weighted by atomic mass is 10.1. The first-order chi connectivity index (χ1) is 12.3. The number of pyridine rings is 1. The maximum atomic E-state index is 12.5. The zero-order valence-corrected chi connectivity index (χ0v) is 13.8. The number of methoxy groups -OCH3 is 1. The summed E-state index contributed by atoms with van der Waals surface area (Å²) in [5.74, 6) is 0.430. The van der Waals surface area contributed by atoms with Crippen molar-refractivity contribution >= 4 is 29.0 Å². The highest BCUT2D eigenvalue weighted by Crippen LogP contribution is 2.33. The van der Waals surface area contributed by atoms with E-state index < -0.39 is 0 Å². The number of carbonyl (C=O) groups excluding carboxylic acids is 1. The molecule has 0 aliphatic heterocycles. The van der Waals surface area contributed by atoms with Crippen LogP contribution in [-0.2, 0) is 0 Å². The molecule has 0 radical (unpaired) electrons. The number of benzene rings is 1. The van der Waals surface area contributed by atoms with E-state index in [1.807, 2.05) is 30.4 Å². The molecule has 4 rings (SSSR count). The van der Waals surface area contributed by atoms with Gasteiger partial charge in [0.25, 0.3) is 5.91 Å². The molecule has 0 spiro atoms. The maximum absolute atomic E-state index is 12.5. The van der Waals surface area contributed by atoms with E-state index in [4.69, 9.17) is 4.74 Å². The van der Waals surface area contributed by atoms with Crippen LogP contribution in [0.2, 0.25) is 0 Å². The molecule has 1 aromatic carbocycles. The molecular formula is C19H18N4O2. The van der Waals surface area contributed by atoms with Crippen LogP contribution in [-0.4, -0.2) is 34.2 Å². The second-order valence-corrected chi connectivity index (χ2v) is 6.05. The smallest absolute Gasteiger partial charge is 0.255 e. The van der Waals surface area contributed by atoms with Gasteiger partial charge in [-0.3, -0.25) is 14.9 Å². The zero-order chi connectivity index (χ0) is 17.2. The number of fused-ring (bicyclic) bond motifs is 1. The van der Waals surface area contributed by atoms with Gasteiger partial charge in [-0.25, -0.2) is 0 Å². The molecule has 0 atom stereocenters. The molecule has 1 aliphatic carbocycles. The predicted molar refractivity (Wildman–Crippen MR) is 96.3 cm³/mol. The maximum Gasteiger partial charge on any atom is 0.255 e. The highest BCUT2D eigenvalue weighted by atomic mass is 16.5. The lowest BCUT2D eigenvalue weighted by molar-refractivity contribution is 0.0948.